The Morgan fingerprint density at radius 1 is 1.10 bits per heavy atom. The zero-order valence-corrected chi connectivity index (χ0v) is 17.3. The summed E-state index contributed by atoms with van der Waals surface area (Å²) in [6.45, 7) is 2.50. The van der Waals surface area contributed by atoms with Crippen LogP contribution in [0.3, 0.4) is 0 Å². The average molecular weight is 406 g/mol. The first-order valence-electron chi connectivity index (χ1n) is 9.58. The zero-order valence-electron chi connectivity index (χ0n) is 17.3. The number of imidazole rings is 1. The molecule has 0 saturated carbocycles. The minimum absolute atomic E-state index is 0.555. The third-order valence-corrected chi connectivity index (χ3v) is 5.30. The molecule has 5 rings (SSSR count). The molecule has 0 fully saturated rings. The first-order chi connectivity index (χ1) is 14.6. The lowest BCUT2D eigenvalue weighted by molar-refractivity contribution is -0.0771. The molecule has 0 unspecified atom stereocenters. The van der Waals surface area contributed by atoms with Gasteiger partial charge in [0.05, 0.1) is 33.6 Å². The van der Waals surface area contributed by atoms with E-state index < -0.39 is 0 Å². The molecule has 30 heavy (non-hydrogen) atoms. The van der Waals surface area contributed by atoms with Crippen LogP contribution in [0.1, 0.15) is 22.9 Å². The fraction of sp³-hybridized carbons (Fsp3) is 0.286. The summed E-state index contributed by atoms with van der Waals surface area (Å²) in [7, 11) is 4.92. The minimum Gasteiger partial charge on any atom is -0.493 e. The number of nitrogens with one attached hydrogen (secondary N) is 1. The molecular weight excluding hydrogens is 384 g/mol. The Morgan fingerprint density at radius 2 is 1.97 bits per heavy atom. The summed E-state index contributed by atoms with van der Waals surface area (Å²) in [5.41, 5.74) is 4.55. The van der Waals surface area contributed by atoms with Crippen molar-refractivity contribution in [3.8, 4) is 11.5 Å². The topological polar surface area (TPSA) is 86.0 Å². The number of hydrogen-bond acceptors (Lipinski definition) is 8. The first-order valence-corrected chi connectivity index (χ1v) is 9.58. The number of anilines is 2. The highest BCUT2D eigenvalue weighted by molar-refractivity contribution is 5.80. The van der Waals surface area contributed by atoms with Crippen molar-refractivity contribution in [3.05, 3.63) is 53.4 Å². The van der Waals surface area contributed by atoms with Crippen LogP contribution < -0.4 is 14.8 Å². The highest BCUT2D eigenvalue weighted by atomic mass is 16.7. The van der Waals surface area contributed by atoms with Gasteiger partial charge in [-0.05, 0) is 19.1 Å². The normalized spacial score (nSPS) is 14.8. The fourth-order valence-corrected chi connectivity index (χ4v) is 3.92. The Hall–Kier alpha value is -3.59. The van der Waals surface area contributed by atoms with Crippen LogP contribution in [0.5, 0.6) is 11.5 Å². The van der Waals surface area contributed by atoms with E-state index in [2.05, 4.69) is 5.32 Å². The molecule has 154 valence electrons. The van der Waals surface area contributed by atoms with Crippen LogP contribution in [0.2, 0.25) is 0 Å². The number of methoxy groups -OCH3 is 2. The predicted molar refractivity (Wildman–Crippen MR) is 112 cm³/mol. The maximum absolute atomic E-state index is 5.60. The molecule has 0 saturated heterocycles. The lowest BCUT2D eigenvalue weighted by Gasteiger charge is -2.22. The monoisotopic (exact) mass is 406 g/mol. The summed E-state index contributed by atoms with van der Waals surface area (Å²) >= 11 is 0. The number of rotatable bonds is 4. The van der Waals surface area contributed by atoms with Crippen LogP contribution in [0.4, 0.5) is 11.5 Å². The predicted octanol–water partition coefficient (Wildman–Crippen LogP) is 2.87. The highest BCUT2D eigenvalue weighted by Gasteiger charge is 2.24. The summed E-state index contributed by atoms with van der Waals surface area (Å²) < 4.78 is 13.0. The van der Waals surface area contributed by atoms with Gasteiger partial charge in [0.25, 0.3) is 0 Å². The molecule has 9 nitrogen and oxygen atoms in total. The van der Waals surface area contributed by atoms with Crippen LogP contribution in [0.15, 0.2) is 30.5 Å². The molecular formula is C21H22N6O3. The number of ether oxygens (including phenoxy) is 2. The highest BCUT2D eigenvalue weighted by Crippen LogP contribution is 2.39. The summed E-state index contributed by atoms with van der Waals surface area (Å²) in [6.07, 6.45) is 6.36. The van der Waals surface area contributed by atoms with Crippen LogP contribution in [-0.4, -0.2) is 52.5 Å². The van der Waals surface area contributed by atoms with Crippen molar-refractivity contribution in [3.63, 3.8) is 0 Å². The summed E-state index contributed by atoms with van der Waals surface area (Å²) in [4.78, 5) is 15.0. The van der Waals surface area contributed by atoms with Gasteiger partial charge in [0.15, 0.2) is 23.1 Å². The molecule has 2 aliphatic rings. The lowest BCUT2D eigenvalue weighted by Crippen LogP contribution is -2.21. The number of benzene rings is 1. The standard InChI is InChI=1S/C21H22N6O3/c1-12-22-16-9-14-8-15(10-17(28-2)19(14)29-3)23-21-18(16)27(12)25-20(24-21)13-6-5-7-26(11-13)30-4/h5-8,10H,9,11H2,1-4H3,(H,23,24,25). The Balaban J connectivity index is 1.68. The van der Waals surface area contributed by atoms with Gasteiger partial charge >= 0.3 is 0 Å². The molecule has 0 spiro atoms. The minimum atomic E-state index is 0.555. The van der Waals surface area contributed by atoms with E-state index in [4.69, 9.17) is 29.4 Å². The van der Waals surface area contributed by atoms with Crippen LogP contribution in [-0.2, 0) is 11.3 Å². The smallest absolute Gasteiger partial charge is 0.180 e. The van der Waals surface area contributed by atoms with Gasteiger partial charge in [0.2, 0.25) is 0 Å². The Morgan fingerprint density at radius 3 is 2.73 bits per heavy atom. The second kappa shape index (κ2) is 7.03. The molecule has 1 N–H and O–H groups in total. The zero-order chi connectivity index (χ0) is 20.8. The molecule has 4 heterocycles. The lowest BCUT2D eigenvalue weighted by atomic mass is 10.0. The number of hydrogen-bond donors (Lipinski definition) is 1. The van der Waals surface area contributed by atoms with E-state index >= 15 is 0 Å². The summed E-state index contributed by atoms with van der Waals surface area (Å²) in [5.74, 6) is 3.49. The van der Waals surface area contributed by atoms with Crippen molar-refractivity contribution in [2.45, 2.75) is 13.3 Å². The molecule has 2 aromatic heterocycles. The van der Waals surface area contributed by atoms with Crippen LogP contribution in [0.25, 0.3) is 11.1 Å². The molecule has 3 aromatic rings. The maximum Gasteiger partial charge on any atom is 0.180 e. The maximum atomic E-state index is 5.60. The van der Waals surface area contributed by atoms with Crippen molar-refractivity contribution >= 4 is 22.6 Å². The van der Waals surface area contributed by atoms with Crippen LogP contribution in [0, 0.1) is 6.92 Å². The SMILES string of the molecule is COc1cc2cc(c1OC)Cc1nc(C)n3nc(C4=CC=CN(OC)C4)nc(c13)N2. The van der Waals surface area contributed by atoms with Gasteiger partial charge in [-0.1, -0.05) is 6.08 Å². The van der Waals surface area contributed by atoms with Gasteiger partial charge in [-0.2, -0.15) is 0 Å². The Bertz CT molecular complexity index is 1210. The molecule has 2 bridgehead atoms. The summed E-state index contributed by atoms with van der Waals surface area (Å²) in [5, 5.41) is 9.94. The van der Waals surface area contributed by atoms with Crippen LogP contribution >= 0.6 is 0 Å². The van der Waals surface area contributed by atoms with Crippen molar-refractivity contribution < 1.29 is 14.3 Å². The van der Waals surface area contributed by atoms with Gasteiger partial charge in [0, 0.05) is 35.5 Å². The van der Waals surface area contributed by atoms with Crippen molar-refractivity contribution in [1.29, 1.82) is 0 Å². The molecule has 1 aromatic carbocycles. The van der Waals surface area contributed by atoms with Crippen molar-refractivity contribution in [2.75, 3.05) is 33.2 Å². The molecule has 0 atom stereocenters. The fourth-order valence-electron chi connectivity index (χ4n) is 3.92. The molecule has 0 amide bonds. The van der Waals surface area contributed by atoms with E-state index in [1.165, 1.54) is 0 Å². The third-order valence-electron chi connectivity index (χ3n) is 5.30. The van der Waals surface area contributed by atoms with E-state index in [0.29, 0.717) is 36.1 Å². The van der Waals surface area contributed by atoms with Gasteiger partial charge < -0.3 is 14.8 Å². The second-order valence-electron chi connectivity index (χ2n) is 7.11. The Labute approximate surface area is 173 Å². The quantitative estimate of drug-likeness (QED) is 0.554. The van der Waals surface area contributed by atoms with Crippen molar-refractivity contribution in [2.24, 2.45) is 0 Å². The number of allylic oxidation sites excluding steroid dienone is 2. The van der Waals surface area contributed by atoms with Gasteiger partial charge in [-0.3, -0.25) is 9.90 Å². The number of aryl methyl sites for hydroxylation is 1. The number of aromatic nitrogens is 4. The Kier molecular flexibility index (Phi) is 4.32. The van der Waals surface area contributed by atoms with Gasteiger partial charge in [-0.25, -0.2) is 14.5 Å². The van der Waals surface area contributed by atoms with E-state index in [-0.39, 0.29) is 0 Å². The van der Waals surface area contributed by atoms with E-state index in [1.807, 2.05) is 41.9 Å². The largest absolute Gasteiger partial charge is 0.493 e. The second-order valence-corrected chi connectivity index (χ2v) is 7.11. The average Bonchev–Trinajstić information content (AvgIpc) is 3.07. The van der Waals surface area contributed by atoms with Gasteiger partial charge in [0.1, 0.15) is 11.3 Å². The molecule has 0 radical (unpaired) electrons. The third kappa shape index (κ3) is 2.86. The molecule has 0 aliphatic carbocycles. The molecule has 9 heteroatoms. The first kappa shape index (κ1) is 18.4. The van der Waals surface area contributed by atoms with E-state index in [9.17, 15) is 0 Å². The van der Waals surface area contributed by atoms with E-state index in [0.717, 1.165) is 33.9 Å². The van der Waals surface area contributed by atoms with Gasteiger partial charge in [-0.15, -0.1) is 5.10 Å². The number of fused-ring (bicyclic) bond motifs is 2. The molecule has 2 aliphatic heterocycles. The number of nitrogens with zero attached hydrogens (tertiary/aromatic N) is 5. The van der Waals surface area contributed by atoms with E-state index in [1.54, 1.807) is 26.4 Å². The summed E-state index contributed by atoms with van der Waals surface area (Å²) in [6, 6.07) is 3.95. The number of hydroxylamine groups is 2. The van der Waals surface area contributed by atoms with Crippen molar-refractivity contribution in [1.82, 2.24) is 24.6 Å².